The second kappa shape index (κ2) is 6.54. The molecule has 3 amide bonds. The Balaban J connectivity index is 1.65. The van der Waals surface area contributed by atoms with Crippen LogP contribution in [0.25, 0.3) is 0 Å². The van der Waals surface area contributed by atoms with E-state index in [9.17, 15) is 14.4 Å². The zero-order valence-corrected chi connectivity index (χ0v) is 13.1. The van der Waals surface area contributed by atoms with E-state index < -0.39 is 11.8 Å². The predicted octanol–water partition coefficient (Wildman–Crippen LogP) is 2.15. The van der Waals surface area contributed by atoms with Crippen LogP contribution in [-0.4, -0.2) is 24.8 Å². The standard InChI is InChI=1S/C18H16N2O4/c1-24-15-5-3-2-4-11(15)6-9-16(21)19-12-7-8-13-14(10-12)18(23)20-17(13)22/h2-5,7-8,10H,6,9H2,1H3,(H,19,21)(H,20,22,23). The third-order valence-corrected chi connectivity index (χ3v) is 3.83. The first-order valence-electron chi connectivity index (χ1n) is 7.50. The minimum absolute atomic E-state index is 0.175. The van der Waals surface area contributed by atoms with Gasteiger partial charge in [0, 0.05) is 12.1 Å². The molecule has 0 spiro atoms. The Kier molecular flexibility index (Phi) is 4.29. The highest BCUT2D eigenvalue weighted by molar-refractivity contribution is 6.22. The lowest BCUT2D eigenvalue weighted by molar-refractivity contribution is -0.116. The van der Waals surface area contributed by atoms with Gasteiger partial charge in [-0.05, 0) is 36.2 Å². The van der Waals surface area contributed by atoms with Gasteiger partial charge < -0.3 is 10.1 Å². The SMILES string of the molecule is COc1ccccc1CCC(=O)Nc1ccc2c(c1)C(=O)NC2=O. The van der Waals surface area contributed by atoms with Gasteiger partial charge in [-0.25, -0.2) is 0 Å². The second-order valence-electron chi connectivity index (χ2n) is 5.40. The number of hydrogen-bond donors (Lipinski definition) is 2. The maximum absolute atomic E-state index is 12.1. The molecule has 0 aliphatic carbocycles. The Hall–Kier alpha value is -3.15. The molecule has 0 bridgehead atoms. The zero-order chi connectivity index (χ0) is 17.1. The number of nitrogens with one attached hydrogen (secondary N) is 2. The number of carbonyl (C=O) groups excluding carboxylic acids is 3. The summed E-state index contributed by atoms with van der Waals surface area (Å²) in [5.41, 5.74) is 2.05. The highest BCUT2D eigenvalue weighted by Gasteiger charge is 2.26. The summed E-state index contributed by atoms with van der Waals surface area (Å²) in [6.45, 7) is 0. The van der Waals surface area contributed by atoms with Crippen molar-refractivity contribution in [2.45, 2.75) is 12.8 Å². The Morgan fingerprint density at radius 3 is 2.62 bits per heavy atom. The number of amides is 3. The number of rotatable bonds is 5. The largest absolute Gasteiger partial charge is 0.496 e. The third kappa shape index (κ3) is 3.12. The van der Waals surface area contributed by atoms with Crippen LogP contribution in [0.2, 0.25) is 0 Å². The summed E-state index contributed by atoms with van der Waals surface area (Å²) in [7, 11) is 1.59. The van der Waals surface area contributed by atoms with E-state index in [-0.39, 0.29) is 17.9 Å². The first-order chi connectivity index (χ1) is 11.6. The van der Waals surface area contributed by atoms with Crippen LogP contribution in [0.5, 0.6) is 5.75 Å². The van der Waals surface area contributed by atoms with E-state index in [0.29, 0.717) is 17.7 Å². The van der Waals surface area contributed by atoms with Crippen LogP contribution < -0.4 is 15.4 Å². The molecule has 24 heavy (non-hydrogen) atoms. The molecule has 2 N–H and O–H groups in total. The van der Waals surface area contributed by atoms with Crippen LogP contribution in [0.1, 0.15) is 32.7 Å². The predicted molar refractivity (Wildman–Crippen MR) is 88.2 cm³/mol. The molecule has 0 radical (unpaired) electrons. The van der Waals surface area contributed by atoms with Crippen molar-refractivity contribution in [1.29, 1.82) is 0 Å². The Morgan fingerprint density at radius 2 is 1.83 bits per heavy atom. The van der Waals surface area contributed by atoms with Crippen molar-refractivity contribution in [3.8, 4) is 5.75 Å². The summed E-state index contributed by atoms with van der Waals surface area (Å²) in [4.78, 5) is 35.2. The monoisotopic (exact) mass is 324 g/mol. The molecule has 3 rings (SSSR count). The van der Waals surface area contributed by atoms with Crippen LogP contribution in [0.15, 0.2) is 42.5 Å². The lowest BCUT2D eigenvalue weighted by Gasteiger charge is -2.09. The summed E-state index contributed by atoms with van der Waals surface area (Å²) < 4.78 is 5.26. The van der Waals surface area contributed by atoms with Crippen molar-refractivity contribution < 1.29 is 19.1 Å². The maximum Gasteiger partial charge on any atom is 0.259 e. The molecule has 1 aliphatic rings. The molecule has 6 nitrogen and oxygen atoms in total. The summed E-state index contributed by atoms with van der Waals surface area (Å²) in [6, 6.07) is 12.2. The summed E-state index contributed by atoms with van der Waals surface area (Å²) in [5.74, 6) is -0.284. The van der Waals surface area contributed by atoms with Crippen molar-refractivity contribution in [3.05, 3.63) is 59.2 Å². The van der Waals surface area contributed by atoms with Crippen molar-refractivity contribution in [2.24, 2.45) is 0 Å². The quantitative estimate of drug-likeness (QED) is 0.825. The van der Waals surface area contributed by atoms with Gasteiger partial charge in [-0.1, -0.05) is 18.2 Å². The number of imide groups is 1. The number of para-hydroxylation sites is 1. The second-order valence-corrected chi connectivity index (χ2v) is 5.40. The molecule has 1 aliphatic heterocycles. The van der Waals surface area contributed by atoms with Crippen LogP contribution in [0, 0.1) is 0 Å². The van der Waals surface area contributed by atoms with Crippen LogP contribution >= 0.6 is 0 Å². The fraction of sp³-hybridized carbons (Fsp3) is 0.167. The fourth-order valence-electron chi connectivity index (χ4n) is 2.63. The molecule has 122 valence electrons. The van der Waals surface area contributed by atoms with Gasteiger partial charge in [0.2, 0.25) is 5.91 Å². The number of aryl methyl sites for hydroxylation is 1. The van der Waals surface area contributed by atoms with Gasteiger partial charge in [-0.15, -0.1) is 0 Å². The van der Waals surface area contributed by atoms with Crippen LogP contribution in [0.4, 0.5) is 5.69 Å². The van der Waals surface area contributed by atoms with Crippen molar-refractivity contribution >= 4 is 23.4 Å². The highest BCUT2D eigenvalue weighted by Crippen LogP contribution is 2.21. The van der Waals surface area contributed by atoms with Gasteiger partial charge in [0.05, 0.1) is 18.2 Å². The molecular weight excluding hydrogens is 308 g/mol. The molecule has 0 saturated heterocycles. The smallest absolute Gasteiger partial charge is 0.259 e. The minimum atomic E-state index is -0.444. The normalized spacial score (nSPS) is 12.5. The van der Waals surface area contributed by atoms with Crippen molar-refractivity contribution in [2.75, 3.05) is 12.4 Å². The van der Waals surface area contributed by atoms with Gasteiger partial charge in [0.25, 0.3) is 11.8 Å². The number of methoxy groups -OCH3 is 1. The van der Waals surface area contributed by atoms with E-state index in [1.54, 1.807) is 13.2 Å². The molecular formula is C18H16N2O4. The first kappa shape index (κ1) is 15.7. The summed E-state index contributed by atoms with van der Waals surface area (Å²) in [5, 5.41) is 4.96. The minimum Gasteiger partial charge on any atom is -0.496 e. The van der Waals surface area contributed by atoms with Gasteiger partial charge in [0.15, 0.2) is 0 Å². The maximum atomic E-state index is 12.1. The van der Waals surface area contributed by atoms with Gasteiger partial charge in [-0.2, -0.15) is 0 Å². The van der Waals surface area contributed by atoms with Crippen molar-refractivity contribution in [3.63, 3.8) is 0 Å². The number of fused-ring (bicyclic) bond motifs is 1. The van der Waals surface area contributed by atoms with Crippen LogP contribution in [0.3, 0.4) is 0 Å². The molecule has 0 aromatic heterocycles. The molecule has 0 atom stereocenters. The topological polar surface area (TPSA) is 84.5 Å². The van der Waals surface area contributed by atoms with E-state index in [0.717, 1.165) is 11.3 Å². The van der Waals surface area contributed by atoms with Gasteiger partial charge in [0.1, 0.15) is 5.75 Å². The van der Waals surface area contributed by atoms with E-state index >= 15 is 0 Å². The molecule has 2 aromatic carbocycles. The number of hydrogen-bond acceptors (Lipinski definition) is 4. The molecule has 0 unspecified atom stereocenters. The average molecular weight is 324 g/mol. The van der Waals surface area contributed by atoms with E-state index in [2.05, 4.69) is 10.6 Å². The number of benzene rings is 2. The number of carbonyl (C=O) groups is 3. The van der Waals surface area contributed by atoms with Crippen LogP contribution in [-0.2, 0) is 11.2 Å². The first-order valence-corrected chi connectivity index (χ1v) is 7.50. The highest BCUT2D eigenvalue weighted by atomic mass is 16.5. The molecule has 0 saturated carbocycles. The van der Waals surface area contributed by atoms with E-state index in [1.807, 2.05) is 24.3 Å². The molecule has 0 fully saturated rings. The molecule has 1 heterocycles. The van der Waals surface area contributed by atoms with Crippen molar-refractivity contribution in [1.82, 2.24) is 5.32 Å². The summed E-state index contributed by atoms with van der Waals surface area (Å²) in [6.07, 6.45) is 0.822. The van der Waals surface area contributed by atoms with Gasteiger partial charge >= 0.3 is 0 Å². The lowest BCUT2D eigenvalue weighted by Crippen LogP contribution is -2.19. The van der Waals surface area contributed by atoms with Gasteiger partial charge in [-0.3, -0.25) is 19.7 Å². The summed E-state index contributed by atoms with van der Waals surface area (Å²) >= 11 is 0. The third-order valence-electron chi connectivity index (χ3n) is 3.83. The number of ether oxygens (including phenoxy) is 1. The molecule has 2 aromatic rings. The average Bonchev–Trinajstić information content (AvgIpc) is 2.87. The number of anilines is 1. The van der Waals surface area contributed by atoms with E-state index in [4.69, 9.17) is 4.74 Å². The Morgan fingerprint density at radius 1 is 1.08 bits per heavy atom. The van der Waals surface area contributed by atoms with E-state index in [1.165, 1.54) is 12.1 Å². The Bertz CT molecular complexity index is 830. The fourth-order valence-corrected chi connectivity index (χ4v) is 2.63. The zero-order valence-electron chi connectivity index (χ0n) is 13.1. The Labute approximate surface area is 138 Å². The lowest BCUT2D eigenvalue weighted by atomic mass is 10.1. The molecule has 6 heteroatoms.